The van der Waals surface area contributed by atoms with Gasteiger partial charge in [0.05, 0.1) is 17.9 Å². The van der Waals surface area contributed by atoms with Gasteiger partial charge in [0.15, 0.2) is 11.2 Å². The number of rotatable bonds is 3. The maximum absolute atomic E-state index is 12.3. The molecular formula is C15H15N3O2S. The standard InChI is InChI=1S/C15H15N3O2S/c19-14(18-15-17-11(8-21-15)9-5-6-9)13-7-16-10-3-1-2-4-12(10)20-13/h1-4,8-9,13,16H,5-7H2,(H,17,18,19). The maximum Gasteiger partial charge on any atom is 0.269 e. The molecule has 2 aromatic rings. The number of thiazole rings is 1. The highest BCUT2D eigenvalue weighted by Crippen LogP contribution is 2.40. The first kappa shape index (κ1) is 12.6. The Morgan fingerprint density at radius 3 is 3.10 bits per heavy atom. The Hall–Kier alpha value is -2.08. The SMILES string of the molecule is O=C(Nc1nc(C2CC2)cs1)C1CNc2ccccc2O1. The average Bonchev–Trinajstić information content (AvgIpc) is 3.27. The lowest BCUT2D eigenvalue weighted by atomic mass is 10.2. The molecule has 0 radical (unpaired) electrons. The summed E-state index contributed by atoms with van der Waals surface area (Å²) in [4.78, 5) is 16.7. The van der Waals surface area contributed by atoms with E-state index in [9.17, 15) is 4.79 Å². The van der Waals surface area contributed by atoms with Crippen LogP contribution in [0.5, 0.6) is 5.75 Å². The van der Waals surface area contributed by atoms with Crippen molar-refractivity contribution >= 4 is 28.1 Å². The van der Waals surface area contributed by atoms with Gasteiger partial charge in [-0.1, -0.05) is 12.1 Å². The molecule has 4 rings (SSSR count). The molecule has 0 saturated heterocycles. The zero-order valence-corrected chi connectivity index (χ0v) is 12.2. The molecule has 5 nitrogen and oxygen atoms in total. The van der Waals surface area contributed by atoms with E-state index < -0.39 is 6.10 Å². The Balaban J connectivity index is 1.43. The van der Waals surface area contributed by atoms with Crippen LogP contribution in [0, 0.1) is 0 Å². The van der Waals surface area contributed by atoms with Gasteiger partial charge in [-0.3, -0.25) is 10.1 Å². The molecule has 1 aliphatic carbocycles. The minimum atomic E-state index is -0.534. The lowest BCUT2D eigenvalue weighted by Gasteiger charge is -2.26. The van der Waals surface area contributed by atoms with Gasteiger partial charge in [0, 0.05) is 11.3 Å². The Labute approximate surface area is 126 Å². The molecule has 0 bridgehead atoms. The average molecular weight is 301 g/mol. The van der Waals surface area contributed by atoms with E-state index >= 15 is 0 Å². The number of hydrogen-bond acceptors (Lipinski definition) is 5. The molecule has 6 heteroatoms. The van der Waals surface area contributed by atoms with Gasteiger partial charge in [0.25, 0.3) is 5.91 Å². The van der Waals surface area contributed by atoms with Crippen molar-refractivity contribution in [2.45, 2.75) is 24.9 Å². The zero-order valence-electron chi connectivity index (χ0n) is 11.3. The molecule has 21 heavy (non-hydrogen) atoms. The highest BCUT2D eigenvalue weighted by molar-refractivity contribution is 7.13. The Bertz CT molecular complexity index is 681. The van der Waals surface area contributed by atoms with Crippen molar-refractivity contribution < 1.29 is 9.53 Å². The molecule has 2 N–H and O–H groups in total. The van der Waals surface area contributed by atoms with E-state index in [0.717, 1.165) is 11.4 Å². The number of carbonyl (C=O) groups excluding carboxylic acids is 1. The molecule has 1 saturated carbocycles. The van der Waals surface area contributed by atoms with Crippen LogP contribution in [0.15, 0.2) is 29.6 Å². The summed E-state index contributed by atoms with van der Waals surface area (Å²) in [6.45, 7) is 0.462. The van der Waals surface area contributed by atoms with Gasteiger partial charge < -0.3 is 10.1 Å². The minimum Gasteiger partial charge on any atom is -0.477 e. The molecule has 1 amide bonds. The summed E-state index contributed by atoms with van der Waals surface area (Å²) in [5.74, 6) is 1.15. The Morgan fingerprint density at radius 1 is 1.38 bits per heavy atom. The summed E-state index contributed by atoms with van der Waals surface area (Å²) in [7, 11) is 0. The second kappa shape index (κ2) is 5.04. The quantitative estimate of drug-likeness (QED) is 0.915. The number of nitrogens with zero attached hydrogens (tertiary/aromatic N) is 1. The van der Waals surface area contributed by atoms with E-state index in [2.05, 4.69) is 15.6 Å². The first-order valence-corrected chi connectivity index (χ1v) is 7.93. The van der Waals surface area contributed by atoms with Crippen molar-refractivity contribution in [3.63, 3.8) is 0 Å². The van der Waals surface area contributed by atoms with Crippen molar-refractivity contribution in [2.75, 3.05) is 17.2 Å². The van der Waals surface area contributed by atoms with Crippen LogP contribution >= 0.6 is 11.3 Å². The topological polar surface area (TPSA) is 63.2 Å². The van der Waals surface area contributed by atoms with Crippen molar-refractivity contribution in [1.29, 1.82) is 0 Å². The number of anilines is 2. The number of fused-ring (bicyclic) bond motifs is 1. The van der Waals surface area contributed by atoms with Gasteiger partial charge in [-0.25, -0.2) is 4.98 Å². The van der Waals surface area contributed by atoms with Crippen LogP contribution < -0.4 is 15.4 Å². The third kappa shape index (κ3) is 2.58. The van der Waals surface area contributed by atoms with E-state index in [1.165, 1.54) is 24.2 Å². The van der Waals surface area contributed by atoms with Crippen LogP contribution in [-0.2, 0) is 4.79 Å². The smallest absolute Gasteiger partial charge is 0.269 e. The largest absolute Gasteiger partial charge is 0.477 e. The molecule has 2 aliphatic rings. The van der Waals surface area contributed by atoms with E-state index in [0.29, 0.717) is 23.3 Å². The first-order valence-electron chi connectivity index (χ1n) is 7.05. The fourth-order valence-electron chi connectivity index (χ4n) is 2.36. The van der Waals surface area contributed by atoms with Gasteiger partial charge in [0.2, 0.25) is 0 Å². The lowest BCUT2D eigenvalue weighted by molar-refractivity contribution is -0.122. The summed E-state index contributed by atoms with van der Waals surface area (Å²) in [6, 6.07) is 7.62. The summed E-state index contributed by atoms with van der Waals surface area (Å²) in [5.41, 5.74) is 2.02. The molecule has 1 aromatic heterocycles. The second-order valence-corrected chi connectivity index (χ2v) is 6.18. The van der Waals surface area contributed by atoms with E-state index in [-0.39, 0.29) is 5.91 Å². The van der Waals surface area contributed by atoms with E-state index in [1.807, 2.05) is 29.6 Å². The van der Waals surface area contributed by atoms with Crippen molar-refractivity contribution in [3.8, 4) is 5.75 Å². The molecule has 1 atom stereocenters. The summed E-state index contributed by atoms with van der Waals surface area (Å²) >= 11 is 1.48. The van der Waals surface area contributed by atoms with Crippen LogP contribution in [0.1, 0.15) is 24.5 Å². The fourth-order valence-corrected chi connectivity index (χ4v) is 3.15. The first-order chi connectivity index (χ1) is 10.3. The van der Waals surface area contributed by atoms with Crippen LogP contribution in [-0.4, -0.2) is 23.5 Å². The molecular weight excluding hydrogens is 286 g/mol. The zero-order chi connectivity index (χ0) is 14.2. The van der Waals surface area contributed by atoms with Crippen molar-refractivity contribution in [1.82, 2.24) is 4.98 Å². The third-order valence-electron chi connectivity index (χ3n) is 3.67. The predicted octanol–water partition coefficient (Wildman–Crippen LogP) is 2.83. The Morgan fingerprint density at radius 2 is 2.24 bits per heavy atom. The highest BCUT2D eigenvalue weighted by atomic mass is 32.1. The van der Waals surface area contributed by atoms with Gasteiger partial charge in [-0.15, -0.1) is 11.3 Å². The third-order valence-corrected chi connectivity index (χ3v) is 4.45. The summed E-state index contributed by atoms with van der Waals surface area (Å²) < 4.78 is 5.73. The van der Waals surface area contributed by atoms with Crippen LogP contribution in [0.4, 0.5) is 10.8 Å². The van der Waals surface area contributed by atoms with Gasteiger partial charge in [-0.05, 0) is 25.0 Å². The molecule has 108 valence electrons. The van der Waals surface area contributed by atoms with E-state index in [1.54, 1.807) is 0 Å². The number of amides is 1. The minimum absolute atomic E-state index is 0.159. The van der Waals surface area contributed by atoms with Crippen molar-refractivity contribution in [3.05, 3.63) is 35.3 Å². The van der Waals surface area contributed by atoms with E-state index in [4.69, 9.17) is 4.74 Å². The summed E-state index contributed by atoms with van der Waals surface area (Å²) in [6.07, 6.45) is 1.89. The number of ether oxygens (including phenoxy) is 1. The fraction of sp³-hybridized carbons (Fsp3) is 0.333. The van der Waals surface area contributed by atoms with Crippen LogP contribution in [0.25, 0.3) is 0 Å². The van der Waals surface area contributed by atoms with Gasteiger partial charge in [0.1, 0.15) is 5.75 Å². The van der Waals surface area contributed by atoms with Crippen LogP contribution in [0.3, 0.4) is 0 Å². The Kier molecular flexibility index (Phi) is 3.03. The normalized spacial score (nSPS) is 20.1. The van der Waals surface area contributed by atoms with Gasteiger partial charge >= 0.3 is 0 Å². The maximum atomic E-state index is 12.3. The molecule has 0 spiro atoms. The number of hydrogen-bond donors (Lipinski definition) is 2. The van der Waals surface area contributed by atoms with Crippen LogP contribution in [0.2, 0.25) is 0 Å². The highest BCUT2D eigenvalue weighted by Gasteiger charge is 2.28. The summed E-state index contributed by atoms with van der Waals surface area (Å²) in [5, 5.41) is 8.75. The number of aromatic nitrogens is 1. The lowest BCUT2D eigenvalue weighted by Crippen LogP contribution is -2.41. The number of carbonyl (C=O) groups is 1. The molecule has 1 unspecified atom stereocenters. The number of nitrogens with one attached hydrogen (secondary N) is 2. The molecule has 1 fully saturated rings. The van der Waals surface area contributed by atoms with Gasteiger partial charge in [-0.2, -0.15) is 0 Å². The monoisotopic (exact) mass is 301 g/mol. The predicted molar refractivity (Wildman–Crippen MR) is 82.1 cm³/mol. The number of para-hydroxylation sites is 2. The van der Waals surface area contributed by atoms with Crippen molar-refractivity contribution in [2.24, 2.45) is 0 Å². The molecule has 1 aliphatic heterocycles. The molecule has 1 aromatic carbocycles. The number of benzene rings is 1. The molecule has 2 heterocycles. The second-order valence-electron chi connectivity index (χ2n) is 5.32.